The van der Waals surface area contributed by atoms with Crippen LogP contribution in [-0.4, -0.2) is 38.2 Å². The van der Waals surface area contributed by atoms with Crippen LogP contribution in [0.15, 0.2) is 18.2 Å². The third kappa shape index (κ3) is 4.63. The first-order valence-electron chi connectivity index (χ1n) is 8.57. The Bertz CT molecular complexity index is 527. The van der Waals surface area contributed by atoms with Crippen LogP contribution in [0, 0.1) is 5.92 Å². The summed E-state index contributed by atoms with van der Waals surface area (Å²) in [6.45, 7) is 7.66. The molecule has 2 atom stereocenters. The predicted octanol–water partition coefficient (Wildman–Crippen LogP) is 4.10. The van der Waals surface area contributed by atoms with Crippen molar-refractivity contribution in [2.24, 2.45) is 5.92 Å². The Morgan fingerprint density at radius 3 is 2.42 bits per heavy atom. The van der Waals surface area contributed by atoms with Crippen LogP contribution in [0.2, 0.25) is 0 Å². The van der Waals surface area contributed by atoms with Gasteiger partial charge in [-0.3, -0.25) is 4.90 Å². The zero-order valence-electron chi connectivity index (χ0n) is 14.6. The number of halogens is 3. The summed E-state index contributed by atoms with van der Waals surface area (Å²) < 4.78 is 44.9. The molecule has 0 aliphatic carbocycles. The summed E-state index contributed by atoms with van der Waals surface area (Å²) in [5.41, 5.74) is 0.0604. The third-order valence-electron chi connectivity index (χ3n) is 4.66. The van der Waals surface area contributed by atoms with E-state index in [1.807, 2.05) is 0 Å². The van der Waals surface area contributed by atoms with Gasteiger partial charge in [0.1, 0.15) is 5.75 Å². The smallest absolute Gasteiger partial charge is 0.416 e. The number of methoxy groups -OCH3 is 1. The van der Waals surface area contributed by atoms with Crippen molar-refractivity contribution in [3.8, 4) is 5.75 Å². The molecule has 1 aromatic carbocycles. The fourth-order valence-corrected chi connectivity index (χ4v) is 3.55. The molecule has 1 unspecified atom stereocenters. The van der Waals surface area contributed by atoms with Crippen molar-refractivity contribution in [3.05, 3.63) is 29.3 Å². The van der Waals surface area contributed by atoms with Gasteiger partial charge in [-0.2, -0.15) is 13.2 Å². The number of piperazine rings is 1. The van der Waals surface area contributed by atoms with Crippen molar-refractivity contribution >= 4 is 0 Å². The van der Waals surface area contributed by atoms with E-state index in [2.05, 4.69) is 24.1 Å². The van der Waals surface area contributed by atoms with Gasteiger partial charge in [0.2, 0.25) is 0 Å². The van der Waals surface area contributed by atoms with Crippen molar-refractivity contribution in [1.29, 1.82) is 0 Å². The van der Waals surface area contributed by atoms with Gasteiger partial charge in [0.05, 0.1) is 12.7 Å². The first-order chi connectivity index (χ1) is 11.4. The Morgan fingerprint density at radius 2 is 1.88 bits per heavy atom. The Labute approximate surface area is 142 Å². The second-order valence-corrected chi connectivity index (χ2v) is 6.49. The quantitative estimate of drug-likeness (QED) is 0.841. The van der Waals surface area contributed by atoms with Gasteiger partial charge in [-0.1, -0.05) is 20.3 Å². The number of hydrogen-bond donors (Lipinski definition) is 1. The van der Waals surface area contributed by atoms with E-state index in [1.54, 1.807) is 6.07 Å². The van der Waals surface area contributed by atoms with Crippen LogP contribution in [0.5, 0.6) is 5.75 Å². The largest absolute Gasteiger partial charge is 0.497 e. The van der Waals surface area contributed by atoms with E-state index in [1.165, 1.54) is 13.2 Å². The summed E-state index contributed by atoms with van der Waals surface area (Å²) in [5.74, 6) is 0.546. The summed E-state index contributed by atoms with van der Waals surface area (Å²) in [4.78, 5) is 2.30. The Balaban J connectivity index is 2.43. The first kappa shape index (κ1) is 19.1. The third-order valence-corrected chi connectivity index (χ3v) is 4.66. The maximum Gasteiger partial charge on any atom is 0.416 e. The van der Waals surface area contributed by atoms with Crippen LogP contribution in [-0.2, 0) is 6.18 Å². The van der Waals surface area contributed by atoms with Gasteiger partial charge >= 0.3 is 6.18 Å². The Morgan fingerprint density at radius 1 is 1.21 bits per heavy atom. The molecule has 1 N–H and O–H groups in total. The van der Waals surface area contributed by atoms with Crippen LogP contribution in [0.4, 0.5) is 13.2 Å². The molecule has 136 valence electrons. The molecule has 1 fully saturated rings. The molecule has 24 heavy (non-hydrogen) atoms. The molecule has 1 aromatic rings. The molecule has 6 heteroatoms. The molecule has 0 bridgehead atoms. The number of hydrogen-bond acceptors (Lipinski definition) is 3. The number of alkyl halides is 3. The normalized spacial score (nSPS) is 19.1. The maximum atomic E-state index is 13.3. The molecule has 3 nitrogen and oxygen atoms in total. The van der Waals surface area contributed by atoms with E-state index < -0.39 is 11.7 Å². The molecular weight excluding hydrogens is 317 g/mol. The lowest BCUT2D eigenvalue weighted by atomic mass is 9.88. The molecule has 0 spiro atoms. The minimum atomic E-state index is -4.37. The molecular formula is C18H27F3N2O. The van der Waals surface area contributed by atoms with Crippen LogP contribution >= 0.6 is 0 Å². The van der Waals surface area contributed by atoms with E-state index in [0.717, 1.165) is 45.1 Å². The van der Waals surface area contributed by atoms with Gasteiger partial charge < -0.3 is 10.1 Å². The van der Waals surface area contributed by atoms with Gasteiger partial charge in [0, 0.05) is 32.2 Å². The fraction of sp³-hybridized carbons (Fsp3) is 0.667. The van der Waals surface area contributed by atoms with Gasteiger partial charge in [-0.25, -0.2) is 0 Å². The number of ether oxygens (including phenoxy) is 1. The SMILES string of the molecule is CCCC(C)[C@H](c1cc(OC)cc(C(F)(F)F)c1)N1CCNCC1. The number of nitrogens with zero attached hydrogens (tertiary/aromatic N) is 1. The molecule has 2 rings (SSSR count). The fourth-order valence-electron chi connectivity index (χ4n) is 3.55. The molecule has 0 amide bonds. The molecule has 0 aromatic heterocycles. The van der Waals surface area contributed by atoms with Crippen molar-refractivity contribution < 1.29 is 17.9 Å². The first-order valence-corrected chi connectivity index (χ1v) is 8.57. The number of benzene rings is 1. The van der Waals surface area contributed by atoms with E-state index in [-0.39, 0.29) is 17.7 Å². The lowest BCUT2D eigenvalue weighted by Crippen LogP contribution is -2.46. The van der Waals surface area contributed by atoms with Crippen molar-refractivity contribution in [1.82, 2.24) is 10.2 Å². The monoisotopic (exact) mass is 344 g/mol. The molecule has 1 saturated heterocycles. The number of rotatable bonds is 6. The van der Waals surface area contributed by atoms with Crippen LogP contribution in [0.1, 0.15) is 43.9 Å². The van der Waals surface area contributed by atoms with Crippen LogP contribution in [0.25, 0.3) is 0 Å². The summed E-state index contributed by atoms with van der Waals surface area (Å²) >= 11 is 0. The van der Waals surface area contributed by atoms with E-state index >= 15 is 0 Å². The van der Waals surface area contributed by atoms with Gasteiger partial charge in [-0.05, 0) is 36.1 Å². The van der Waals surface area contributed by atoms with E-state index in [9.17, 15) is 13.2 Å². The maximum absolute atomic E-state index is 13.3. The van der Waals surface area contributed by atoms with Crippen LogP contribution < -0.4 is 10.1 Å². The van der Waals surface area contributed by atoms with Crippen LogP contribution in [0.3, 0.4) is 0 Å². The summed E-state index contributed by atoms with van der Waals surface area (Å²) in [7, 11) is 1.41. The summed E-state index contributed by atoms with van der Waals surface area (Å²) in [6, 6.07) is 4.10. The predicted molar refractivity (Wildman–Crippen MR) is 89.3 cm³/mol. The molecule has 1 heterocycles. The topological polar surface area (TPSA) is 24.5 Å². The van der Waals surface area contributed by atoms with Crippen molar-refractivity contribution in [2.45, 2.75) is 38.9 Å². The minimum absolute atomic E-state index is 0.0248. The highest BCUT2D eigenvalue weighted by atomic mass is 19.4. The zero-order chi connectivity index (χ0) is 17.7. The van der Waals surface area contributed by atoms with E-state index in [4.69, 9.17) is 4.74 Å². The second-order valence-electron chi connectivity index (χ2n) is 6.49. The lowest BCUT2D eigenvalue weighted by Gasteiger charge is -2.39. The Hall–Kier alpha value is -1.27. The number of nitrogens with one attached hydrogen (secondary N) is 1. The summed E-state index contributed by atoms with van der Waals surface area (Å²) in [6.07, 6.45) is -2.38. The van der Waals surface area contributed by atoms with Gasteiger partial charge in [0.15, 0.2) is 0 Å². The standard InChI is InChI=1S/C18H27F3N2O/c1-4-5-13(2)17(23-8-6-22-7-9-23)14-10-15(18(19,20)21)12-16(11-14)24-3/h10-13,17,22H,4-9H2,1-3H3/t13?,17-/m1/s1. The highest BCUT2D eigenvalue weighted by Crippen LogP contribution is 2.38. The lowest BCUT2D eigenvalue weighted by molar-refractivity contribution is -0.137. The van der Waals surface area contributed by atoms with Gasteiger partial charge in [-0.15, -0.1) is 0 Å². The van der Waals surface area contributed by atoms with E-state index in [0.29, 0.717) is 5.56 Å². The average Bonchev–Trinajstić information content (AvgIpc) is 2.55. The molecule has 1 aliphatic heterocycles. The molecule has 1 aliphatic rings. The molecule has 0 saturated carbocycles. The highest BCUT2D eigenvalue weighted by Gasteiger charge is 2.34. The van der Waals surface area contributed by atoms with Crippen molar-refractivity contribution in [3.63, 3.8) is 0 Å². The second kappa shape index (κ2) is 8.21. The summed E-state index contributed by atoms with van der Waals surface area (Å²) in [5, 5.41) is 3.30. The molecule has 0 radical (unpaired) electrons. The van der Waals surface area contributed by atoms with Gasteiger partial charge in [0.25, 0.3) is 0 Å². The zero-order valence-corrected chi connectivity index (χ0v) is 14.6. The van der Waals surface area contributed by atoms with Crippen molar-refractivity contribution in [2.75, 3.05) is 33.3 Å². The minimum Gasteiger partial charge on any atom is -0.497 e. The Kier molecular flexibility index (Phi) is 6.52. The average molecular weight is 344 g/mol. The highest BCUT2D eigenvalue weighted by molar-refractivity contribution is 5.38.